The van der Waals surface area contributed by atoms with Gasteiger partial charge in [-0.05, 0) is 24.8 Å². The molecule has 0 aromatic heterocycles. The molecule has 0 N–H and O–H groups in total. The molecular weight excluding hydrogens is 152 g/mol. The lowest BCUT2D eigenvalue weighted by Gasteiger charge is -2.00. The van der Waals surface area contributed by atoms with Gasteiger partial charge in [-0.25, -0.2) is 0 Å². The molecule has 0 saturated carbocycles. The summed E-state index contributed by atoms with van der Waals surface area (Å²) in [6.07, 6.45) is 6.75. The van der Waals surface area contributed by atoms with Crippen molar-refractivity contribution in [1.29, 1.82) is 0 Å². The van der Waals surface area contributed by atoms with E-state index < -0.39 is 0 Å². The van der Waals surface area contributed by atoms with Gasteiger partial charge in [0.25, 0.3) is 0 Å². The maximum atomic E-state index is 10.3. The van der Waals surface area contributed by atoms with Crippen molar-refractivity contribution in [3.8, 4) is 0 Å². The largest absolute Gasteiger partial charge is 0.435 e. The molecule has 12 heavy (non-hydrogen) atoms. The quantitative estimate of drug-likeness (QED) is 0.360. The molecule has 0 aliphatic heterocycles. The summed E-state index contributed by atoms with van der Waals surface area (Å²) in [7, 11) is 0. The normalized spacial score (nSPS) is 11.0. The van der Waals surface area contributed by atoms with Crippen LogP contribution >= 0.6 is 0 Å². The molecule has 0 fully saturated rings. The summed E-state index contributed by atoms with van der Waals surface area (Å²) in [5, 5.41) is 0. The van der Waals surface area contributed by atoms with Crippen molar-refractivity contribution < 1.29 is 9.53 Å². The first-order valence-corrected chi connectivity index (χ1v) is 4.45. The molecule has 0 aromatic rings. The average molecular weight is 170 g/mol. The summed E-state index contributed by atoms with van der Waals surface area (Å²) in [6, 6.07) is 0. The van der Waals surface area contributed by atoms with Crippen LogP contribution in [0.5, 0.6) is 0 Å². The molecule has 0 rings (SSSR count). The van der Waals surface area contributed by atoms with E-state index in [1.54, 1.807) is 0 Å². The lowest BCUT2D eigenvalue weighted by molar-refractivity contribution is -0.135. The van der Waals surface area contributed by atoms with Crippen LogP contribution in [-0.2, 0) is 9.53 Å². The van der Waals surface area contributed by atoms with E-state index in [0.29, 0.717) is 0 Å². The molecule has 0 bridgehead atoms. The van der Waals surface area contributed by atoms with Crippen LogP contribution < -0.4 is 0 Å². The maximum Gasteiger partial charge on any atom is 0.307 e. The molecule has 0 aliphatic rings. The molecule has 2 nitrogen and oxygen atoms in total. The molecule has 0 aromatic carbocycles. The van der Waals surface area contributed by atoms with Crippen molar-refractivity contribution in [2.24, 2.45) is 5.92 Å². The highest BCUT2D eigenvalue weighted by molar-refractivity contribution is 5.66. The van der Waals surface area contributed by atoms with Gasteiger partial charge < -0.3 is 4.74 Å². The molecule has 0 saturated heterocycles. The minimum absolute atomic E-state index is 0.255. The third-order valence-corrected chi connectivity index (χ3v) is 1.48. The van der Waals surface area contributed by atoms with Gasteiger partial charge in [-0.3, -0.25) is 4.79 Å². The Balaban J connectivity index is 3.19. The van der Waals surface area contributed by atoms with E-state index in [4.69, 9.17) is 0 Å². The Hall–Kier alpha value is -0.790. The van der Waals surface area contributed by atoms with Gasteiger partial charge in [0, 0.05) is 6.92 Å². The minimum atomic E-state index is -0.255. The van der Waals surface area contributed by atoms with Crippen molar-refractivity contribution in [1.82, 2.24) is 0 Å². The van der Waals surface area contributed by atoms with Gasteiger partial charge in [-0.15, -0.1) is 0 Å². The topological polar surface area (TPSA) is 26.3 Å². The zero-order valence-electron chi connectivity index (χ0n) is 8.17. The van der Waals surface area contributed by atoms with Crippen molar-refractivity contribution >= 4 is 5.97 Å². The first-order valence-electron chi connectivity index (χ1n) is 4.45. The third-order valence-electron chi connectivity index (χ3n) is 1.48. The van der Waals surface area contributed by atoms with Crippen LogP contribution in [0.15, 0.2) is 12.3 Å². The number of hydrogen-bond acceptors (Lipinski definition) is 2. The molecule has 0 amide bonds. The van der Waals surface area contributed by atoms with E-state index in [2.05, 4.69) is 18.6 Å². The van der Waals surface area contributed by atoms with Gasteiger partial charge in [0.1, 0.15) is 0 Å². The highest BCUT2D eigenvalue weighted by Crippen LogP contribution is 2.06. The predicted octanol–water partition coefficient (Wildman–Crippen LogP) is 2.89. The standard InChI is InChI=1S/C10H18O2/c1-9(2)7-5-4-6-8-12-10(3)11/h6,8-9H,4-5,7H2,1-3H3. The number of esters is 1. The second-order valence-corrected chi connectivity index (χ2v) is 3.31. The number of ether oxygens (including phenoxy) is 1. The fraction of sp³-hybridized carbons (Fsp3) is 0.700. The monoisotopic (exact) mass is 170 g/mol. The smallest absolute Gasteiger partial charge is 0.307 e. The summed E-state index contributed by atoms with van der Waals surface area (Å²) in [4.78, 5) is 10.3. The molecule has 0 heterocycles. The summed E-state index contributed by atoms with van der Waals surface area (Å²) in [5.41, 5.74) is 0. The number of unbranched alkanes of at least 4 members (excludes halogenated alkanes) is 1. The van der Waals surface area contributed by atoms with E-state index in [0.717, 1.165) is 18.8 Å². The van der Waals surface area contributed by atoms with Crippen molar-refractivity contribution in [3.05, 3.63) is 12.3 Å². The molecule has 70 valence electrons. The predicted molar refractivity (Wildman–Crippen MR) is 49.6 cm³/mol. The summed E-state index contributed by atoms with van der Waals surface area (Å²) >= 11 is 0. The Morgan fingerprint density at radius 2 is 2.17 bits per heavy atom. The van der Waals surface area contributed by atoms with Gasteiger partial charge in [0.2, 0.25) is 0 Å². The second-order valence-electron chi connectivity index (χ2n) is 3.31. The fourth-order valence-electron chi connectivity index (χ4n) is 0.856. The van der Waals surface area contributed by atoms with Gasteiger partial charge in [0.15, 0.2) is 0 Å². The van der Waals surface area contributed by atoms with Crippen LogP contribution in [0.4, 0.5) is 0 Å². The summed E-state index contributed by atoms with van der Waals surface area (Å²) in [5.74, 6) is 0.502. The Morgan fingerprint density at radius 3 is 2.67 bits per heavy atom. The molecule has 0 unspecified atom stereocenters. The SMILES string of the molecule is CC(=O)OC=CCCCC(C)C. The Bertz CT molecular complexity index is 148. The van der Waals surface area contributed by atoms with E-state index in [1.807, 2.05) is 6.08 Å². The van der Waals surface area contributed by atoms with E-state index in [-0.39, 0.29) is 5.97 Å². The summed E-state index contributed by atoms with van der Waals surface area (Å²) < 4.78 is 4.63. The summed E-state index contributed by atoms with van der Waals surface area (Å²) in [6.45, 7) is 5.81. The Kier molecular flexibility index (Phi) is 6.44. The lowest BCUT2D eigenvalue weighted by atomic mass is 10.1. The number of rotatable bonds is 5. The Labute approximate surface area is 74.6 Å². The average Bonchev–Trinajstić information content (AvgIpc) is 1.95. The van der Waals surface area contributed by atoms with Gasteiger partial charge in [-0.1, -0.05) is 20.3 Å². The Morgan fingerprint density at radius 1 is 1.50 bits per heavy atom. The first kappa shape index (κ1) is 11.2. The van der Waals surface area contributed by atoms with E-state index >= 15 is 0 Å². The van der Waals surface area contributed by atoms with Crippen LogP contribution in [0.3, 0.4) is 0 Å². The highest BCUT2D eigenvalue weighted by atomic mass is 16.5. The van der Waals surface area contributed by atoms with Crippen LogP contribution in [0.25, 0.3) is 0 Å². The van der Waals surface area contributed by atoms with Gasteiger partial charge in [-0.2, -0.15) is 0 Å². The van der Waals surface area contributed by atoms with Crippen LogP contribution in [0, 0.1) is 5.92 Å². The number of hydrogen-bond donors (Lipinski definition) is 0. The fourth-order valence-corrected chi connectivity index (χ4v) is 0.856. The van der Waals surface area contributed by atoms with Crippen LogP contribution in [0.1, 0.15) is 40.0 Å². The zero-order chi connectivity index (χ0) is 9.40. The number of carbonyl (C=O) groups is 1. The second kappa shape index (κ2) is 6.89. The molecule has 0 radical (unpaired) electrons. The number of allylic oxidation sites excluding steroid dienone is 1. The highest BCUT2D eigenvalue weighted by Gasteiger charge is 1.91. The van der Waals surface area contributed by atoms with Gasteiger partial charge in [0.05, 0.1) is 6.26 Å². The first-order chi connectivity index (χ1) is 5.63. The lowest BCUT2D eigenvalue weighted by Crippen LogP contribution is -1.89. The minimum Gasteiger partial charge on any atom is -0.435 e. The molecular formula is C10H18O2. The van der Waals surface area contributed by atoms with Crippen molar-refractivity contribution in [2.75, 3.05) is 0 Å². The van der Waals surface area contributed by atoms with E-state index in [1.165, 1.54) is 19.6 Å². The molecule has 0 atom stereocenters. The van der Waals surface area contributed by atoms with Crippen LogP contribution in [0.2, 0.25) is 0 Å². The zero-order valence-corrected chi connectivity index (χ0v) is 8.17. The van der Waals surface area contributed by atoms with Gasteiger partial charge >= 0.3 is 5.97 Å². The van der Waals surface area contributed by atoms with Crippen LogP contribution in [-0.4, -0.2) is 5.97 Å². The van der Waals surface area contributed by atoms with Crippen molar-refractivity contribution in [3.63, 3.8) is 0 Å². The molecule has 0 spiro atoms. The molecule has 0 aliphatic carbocycles. The van der Waals surface area contributed by atoms with Crippen molar-refractivity contribution in [2.45, 2.75) is 40.0 Å². The maximum absolute atomic E-state index is 10.3. The molecule has 2 heteroatoms. The van der Waals surface area contributed by atoms with E-state index in [9.17, 15) is 4.79 Å². The number of carbonyl (C=O) groups excluding carboxylic acids is 1. The third kappa shape index (κ3) is 9.21.